The summed E-state index contributed by atoms with van der Waals surface area (Å²) in [6.45, 7) is 0.571. The predicted octanol–water partition coefficient (Wildman–Crippen LogP) is 2.36. The molecule has 7 nitrogen and oxygen atoms in total. The fourth-order valence-corrected chi connectivity index (χ4v) is 3.36. The number of amides is 2. The number of pyridine rings is 2. The number of hydrogen-bond donors (Lipinski definition) is 1. The number of aromatic nitrogens is 3. The van der Waals surface area contributed by atoms with E-state index < -0.39 is 6.04 Å². The molecule has 0 spiro atoms. The van der Waals surface area contributed by atoms with Gasteiger partial charge in [-0.3, -0.25) is 19.0 Å². The number of imidazole rings is 1. The van der Waals surface area contributed by atoms with E-state index in [-0.39, 0.29) is 11.8 Å². The Morgan fingerprint density at radius 3 is 2.88 bits per heavy atom. The molecule has 0 saturated carbocycles. The van der Waals surface area contributed by atoms with Gasteiger partial charge < -0.3 is 10.2 Å². The molecule has 1 N–H and O–H groups in total. The van der Waals surface area contributed by atoms with Gasteiger partial charge in [-0.25, -0.2) is 4.98 Å². The Balaban J connectivity index is 1.57. The minimum atomic E-state index is -0.491. The summed E-state index contributed by atoms with van der Waals surface area (Å²) in [7, 11) is 0. The molecule has 0 unspecified atom stereocenters. The number of nitrogens with one attached hydrogen (secondary N) is 1. The lowest BCUT2D eigenvalue weighted by molar-refractivity contribution is -0.121. The second-order valence-corrected chi connectivity index (χ2v) is 6.31. The Morgan fingerprint density at radius 2 is 2.04 bits per heavy atom. The maximum atomic E-state index is 12.9. The van der Waals surface area contributed by atoms with Crippen molar-refractivity contribution in [3.8, 4) is 0 Å². The third-order valence-corrected chi connectivity index (χ3v) is 4.65. The molecule has 4 rings (SSSR count). The number of anilines is 1. The van der Waals surface area contributed by atoms with Gasteiger partial charge in [0, 0.05) is 31.3 Å². The van der Waals surface area contributed by atoms with Crippen LogP contribution in [0.1, 0.15) is 29.6 Å². The zero-order valence-electron chi connectivity index (χ0n) is 14.2. The summed E-state index contributed by atoms with van der Waals surface area (Å²) in [5.41, 5.74) is 1.26. The quantitative estimate of drug-likeness (QED) is 0.787. The van der Waals surface area contributed by atoms with E-state index in [1.54, 1.807) is 35.6 Å². The molecule has 0 bridgehead atoms. The minimum Gasteiger partial charge on any atom is -0.327 e. The monoisotopic (exact) mass is 349 g/mol. The molecule has 26 heavy (non-hydrogen) atoms. The van der Waals surface area contributed by atoms with Crippen LogP contribution in [0.15, 0.2) is 55.1 Å². The Morgan fingerprint density at radius 1 is 1.12 bits per heavy atom. The van der Waals surface area contributed by atoms with Gasteiger partial charge in [0.1, 0.15) is 17.5 Å². The topological polar surface area (TPSA) is 79.6 Å². The maximum Gasteiger partial charge on any atom is 0.256 e. The number of fused-ring (bicyclic) bond motifs is 1. The number of carbonyl (C=O) groups is 2. The van der Waals surface area contributed by atoms with Crippen LogP contribution in [0.4, 0.5) is 5.82 Å². The van der Waals surface area contributed by atoms with E-state index in [9.17, 15) is 9.59 Å². The summed E-state index contributed by atoms with van der Waals surface area (Å²) < 4.78 is 1.81. The fourth-order valence-electron chi connectivity index (χ4n) is 3.36. The van der Waals surface area contributed by atoms with Gasteiger partial charge in [0.2, 0.25) is 5.91 Å². The lowest BCUT2D eigenvalue weighted by atomic mass is 10.00. The van der Waals surface area contributed by atoms with Gasteiger partial charge in [0.15, 0.2) is 0 Å². The highest BCUT2D eigenvalue weighted by Crippen LogP contribution is 2.21. The molecule has 0 aromatic carbocycles. The average Bonchev–Trinajstić information content (AvgIpc) is 3.18. The predicted molar refractivity (Wildman–Crippen MR) is 96.7 cm³/mol. The van der Waals surface area contributed by atoms with Crippen molar-refractivity contribution in [2.24, 2.45) is 0 Å². The third-order valence-electron chi connectivity index (χ3n) is 4.65. The first-order chi connectivity index (χ1) is 12.7. The molecule has 1 aliphatic heterocycles. The van der Waals surface area contributed by atoms with Crippen molar-refractivity contribution >= 4 is 23.3 Å². The molecule has 0 aliphatic carbocycles. The lowest BCUT2D eigenvalue weighted by Gasteiger charge is -2.34. The molecule has 3 aromatic rings. The van der Waals surface area contributed by atoms with Crippen LogP contribution >= 0.6 is 0 Å². The highest BCUT2D eigenvalue weighted by molar-refractivity contribution is 6.01. The van der Waals surface area contributed by atoms with Gasteiger partial charge in [0.25, 0.3) is 5.91 Å². The molecule has 0 radical (unpaired) electrons. The molecule has 4 heterocycles. The molecule has 1 atom stereocenters. The van der Waals surface area contributed by atoms with Crippen LogP contribution in [0.2, 0.25) is 0 Å². The van der Waals surface area contributed by atoms with Crippen molar-refractivity contribution in [3.05, 3.63) is 60.7 Å². The summed E-state index contributed by atoms with van der Waals surface area (Å²) in [5.74, 6) is 0.311. The summed E-state index contributed by atoms with van der Waals surface area (Å²) in [6.07, 6.45) is 9.12. The van der Waals surface area contributed by atoms with E-state index in [0.717, 1.165) is 18.5 Å². The number of rotatable bonds is 3. The van der Waals surface area contributed by atoms with Gasteiger partial charge in [-0.1, -0.05) is 6.07 Å². The van der Waals surface area contributed by atoms with E-state index in [1.807, 2.05) is 22.6 Å². The Labute approximate surface area is 150 Å². The SMILES string of the molecule is O=C(Nc1cccc2nccn12)[C@@H]1CCCCN1C(=O)c1cccnc1. The number of piperidine rings is 1. The van der Waals surface area contributed by atoms with Gasteiger partial charge in [-0.05, 0) is 43.5 Å². The largest absolute Gasteiger partial charge is 0.327 e. The lowest BCUT2D eigenvalue weighted by Crippen LogP contribution is -2.50. The molecule has 132 valence electrons. The highest BCUT2D eigenvalue weighted by atomic mass is 16.2. The molecule has 1 saturated heterocycles. The maximum absolute atomic E-state index is 12.9. The van der Waals surface area contributed by atoms with Gasteiger partial charge in [0.05, 0.1) is 5.56 Å². The van der Waals surface area contributed by atoms with Crippen molar-refractivity contribution in [2.45, 2.75) is 25.3 Å². The third kappa shape index (κ3) is 3.03. The van der Waals surface area contributed by atoms with Crippen LogP contribution in [-0.2, 0) is 4.79 Å². The van der Waals surface area contributed by atoms with Crippen LogP contribution in [0.5, 0.6) is 0 Å². The van der Waals surface area contributed by atoms with Crippen molar-refractivity contribution in [1.82, 2.24) is 19.3 Å². The molecular weight excluding hydrogens is 330 g/mol. The first-order valence-corrected chi connectivity index (χ1v) is 8.68. The average molecular weight is 349 g/mol. The van der Waals surface area contributed by atoms with Gasteiger partial charge >= 0.3 is 0 Å². The van der Waals surface area contributed by atoms with E-state index in [0.29, 0.717) is 24.3 Å². The van der Waals surface area contributed by atoms with Crippen molar-refractivity contribution in [3.63, 3.8) is 0 Å². The molecule has 7 heteroatoms. The van der Waals surface area contributed by atoms with Crippen LogP contribution in [0.3, 0.4) is 0 Å². The molecule has 1 fully saturated rings. The summed E-state index contributed by atoms with van der Waals surface area (Å²) in [5, 5.41) is 2.95. The van der Waals surface area contributed by atoms with Crippen LogP contribution in [-0.4, -0.2) is 43.7 Å². The van der Waals surface area contributed by atoms with Crippen LogP contribution in [0, 0.1) is 0 Å². The zero-order chi connectivity index (χ0) is 17.9. The second kappa shape index (κ2) is 6.95. The van der Waals surface area contributed by atoms with E-state index in [2.05, 4.69) is 15.3 Å². The first kappa shape index (κ1) is 16.3. The van der Waals surface area contributed by atoms with Gasteiger partial charge in [-0.15, -0.1) is 0 Å². The standard InChI is InChI=1S/C19H19N5O2/c25-18(22-17-8-3-7-16-21-10-12-24(16)17)15-6-1-2-11-23(15)19(26)14-5-4-9-20-13-14/h3-5,7-10,12-13,15H,1-2,6,11H2,(H,22,25)/t15-/m0/s1. The van der Waals surface area contributed by atoms with Crippen molar-refractivity contribution < 1.29 is 9.59 Å². The number of likely N-dealkylation sites (tertiary alicyclic amines) is 1. The van der Waals surface area contributed by atoms with Crippen molar-refractivity contribution in [1.29, 1.82) is 0 Å². The second-order valence-electron chi connectivity index (χ2n) is 6.31. The Kier molecular flexibility index (Phi) is 4.35. The summed E-state index contributed by atoms with van der Waals surface area (Å²) in [4.78, 5) is 35.6. The number of carbonyl (C=O) groups excluding carboxylic acids is 2. The van der Waals surface area contributed by atoms with E-state index >= 15 is 0 Å². The molecule has 2 amide bonds. The van der Waals surface area contributed by atoms with Crippen LogP contribution < -0.4 is 5.32 Å². The van der Waals surface area contributed by atoms with E-state index in [1.165, 1.54) is 6.20 Å². The van der Waals surface area contributed by atoms with Gasteiger partial charge in [-0.2, -0.15) is 0 Å². The minimum absolute atomic E-state index is 0.154. The first-order valence-electron chi connectivity index (χ1n) is 8.68. The number of hydrogen-bond acceptors (Lipinski definition) is 4. The fraction of sp³-hybridized carbons (Fsp3) is 0.263. The highest BCUT2D eigenvalue weighted by Gasteiger charge is 2.33. The molecule has 1 aliphatic rings. The van der Waals surface area contributed by atoms with E-state index in [4.69, 9.17) is 0 Å². The van der Waals surface area contributed by atoms with Crippen LogP contribution in [0.25, 0.3) is 5.65 Å². The molecule has 3 aromatic heterocycles. The summed E-state index contributed by atoms with van der Waals surface area (Å²) in [6, 6.07) is 8.50. The zero-order valence-corrected chi connectivity index (χ0v) is 14.2. The Bertz CT molecular complexity index is 937. The molecular formula is C19H19N5O2. The smallest absolute Gasteiger partial charge is 0.256 e. The number of nitrogens with zero attached hydrogens (tertiary/aromatic N) is 4. The van der Waals surface area contributed by atoms with Crippen molar-refractivity contribution in [2.75, 3.05) is 11.9 Å². The Hall–Kier alpha value is -3.22. The normalized spacial score (nSPS) is 17.2. The summed E-state index contributed by atoms with van der Waals surface area (Å²) >= 11 is 0.